The van der Waals surface area contributed by atoms with E-state index in [0.717, 1.165) is 57.9 Å². The van der Waals surface area contributed by atoms with Crippen LogP contribution in [-0.4, -0.2) is 33.6 Å². The molecule has 1 atom stereocenters. The number of fused-ring (bicyclic) bond motifs is 3. The highest BCUT2D eigenvalue weighted by Gasteiger charge is 2.26. The lowest BCUT2D eigenvalue weighted by Crippen LogP contribution is -2.11. The van der Waals surface area contributed by atoms with Crippen molar-refractivity contribution in [3.05, 3.63) is 58.3 Å². The van der Waals surface area contributed by atoms with Gasteiger partial charge in [-0.05, 0) is 35.3 Å². The van der Waals surface area contributed by atoms with Crippen LogP contribution in [0.4, 0.5) is 5.82 Å². The summed E-state index contributed by atoms with van der Waals surface area (Å²) in [6.07, 6.45) is 7.88. The Balaban J connectivity index is 1.61. The van der Waals surface area contributed by atoms with Gasteiger partial charge in [0.1, 0.15) is 5.82 Å². The van der Waals surface area contributed by atoms with Crippen molar-refractivity contribution < 1.29 is 14.9 Å². The van der Waals surface area contributed by atoms with E-state index >= 15 is 0 Å². The molecule has 2 aliphatic carbocycles. The highest BCUT2D eigenvalue weighted by atomic mass is 16.5. The van der Waals surface area contributed by atoms with Crippen molar-refractivity contribution in [1.82, 2.24) is 10.2 Å². The van der Waals surface area contributed by atoms with E-state index in [4.69, 9.17) is 4.74 Å². The number of methoxy groups -OCH3 is 1. The number of H-pyrrole nitrogens is 1. The summed E-state index contributed by atoms with van der Waals surface area (Å²) >= 11 is 0. The zero-order valence-electron chi connectivity index (χ0n) is 14.0. The Morgan fingerprint density at radius 1 is 1.28 bits per heavy atom. The number of allylic oxidation sites excluding steroid dienone is 1. The number of aliphatic hydroxyl groups excluding tert-OH is 2. The van der Waals surface area contributed by atoms with E-state index in [2.05, 4.69) is 21.6 Å². The third-order valence-electron chi connectivity index (χ3n) is 4.89. The summed E-state index contributed by atoms with van der Waals surface area (Å²) in [5.74, 6) is 0.883. The fourth-order valence-electron chi connectivity index (χ4n) is 3.47. The number of nitrogens with zero attached hydrogens (tertiary/aromatic N) is 1. The number of benzene rings is 1. The van der Waals surface area contributed by atoms with Gasteiger partial charge in [-0.2, -0.15) is 5.10 Å². The summed E-state index contributed by atoms with van der Waals surface area (Å²) in [6.45, 7) is -0.164. The van der Waals surface area contributed by atoms with Crippen molar-refractivity contribution in [2.45, 2.75) is 32.2 Å². The molecular formula is C19H21N3O3. The van der Waals surface area contributed by atoms with Crippen LogP contribution in [0.1, 0.15) is 28.7 Å². The van der Waals surface area contributed by atoms with Crippen LogP contribution < -0.4 is 5.32 Å². The van der Waals surface area contributed by atoms with Crippen LogP contribution >= 0.6 is 0 Å². The van der Waals surface area contributed by atoms with Crippen LogP contribution in [-0.2, 0) is 24.4 Å². The van der Waals surface area contributed by atoms with Crippen molar-refractivity contribution in [1.29, 1.82) is 0 Å². The Morgan fingerprint density at radius 3 is 2.76 bits per heavy atom. The molecule has 0 spiro atoms. The molecule has 2 aromatic rings. The second kappa shape index (κ2) is 6.48. The average molecular weight is 339 g/mol. The number of ether oxygens (including phenoxy) is 1. The van der Waals surface area contributed by atoms with Crippen LogP contribution in [0.15, 0.2) is 36.1 Å². The van der Waals surface area contributed by atoms with Gasteiger partial charge in [0.15, 0.2) is 0 Å². The molecule has 0 bridgehead atoms. The van der Waals surface area contributed by atoms with Crippen LogP contribution in [0.3, 0.4) is 0 Å². The van der Waals surface area contributed by atoms with Gasteiger partial charge in [-0.15, -0.1) is 0 Å². The standard InChI is InChI=1S/C19H21N3O3/c1-25-15-4-2-14(3-5-15)20-19-17-7-11-6-12(9-23)13(10-24)8-16(11)18(17)21-22-19/h2-4,6,8,15,23-24H,5,7,9-10H2,1H3,(H2,20,21,22). The SMILES string of the molecule is COC1C=CC(Nc2[nH]nc3c2Cc2cc(CO)c(CO)cc2-3)=CC1. The minimum Gasteiger partial charge on any atom is -0.392 e. The van der Waals surface area contributed by atoms with Gasteiger partial charge >= 0.3 is 0 Å². The van der Waals surface area contributed by atoms with Crippen molar-refractivity contribution in [2.24, 2.45) is 0 Å². The minimum atomic E-state index is -0.0909. The Hall–Kier alpha value is -2.41. The lowest BCUT2D eigenvalue weighted by molar-refractivity contribution is 0.142. The minimum absolute atomic E-state index is 0.0730. The molecule has 0 saturated heterocycles. The molecule has 1 unspecified atom stereocenters. The number of aliphatic hydroxyl groups is 2. The van der Waals surface area contributed by atoms with E-state index in [1.54, 1.807) is 7.11 Å². The van der Waals surface area contributed by atoms with E-state index < -0.39 is 0 Å². The number of nitrogens with one attached hydrogen (secondary N) is 2. The Bertz CT molecular complexity index is 867. The van der Waals surface area contributed by atoms with Gasteiger partial charge < -0.3 is 20.3 Å². The Morgan fingerprint density at radius 2 is 2.08 bits per heavy atom. The quantitative estimate of drug-likeness (QED) is 0.572. The van der Waals surface area contributed by atoms with E-state index in [1.165, 1.54) is 0 Å². The van der Waals surface area contributed by atoms with Gasteiger partial charge in [0.05, 0.1) is 25.0 Å². The summed E-state index contributed by atoms with van der Waals surface area (Å²) in [5, 5.41) is 29.9. The molecule has 130 valence electrons. The molecule has 4 rings (SSSR count). The largest absolute Gasteiger partial charge is 0.392 e. The molecule has 1 aromatic heterocycles. The Labute approximate surface area is 145 Å². The third-order valence-corrected chi connectivity index (χ3v) is 4.89. The molecule has 25 heavy (non-hydrogen) atoms. The number of rotatable bonds is 5. The lowest BCUT2D eigenvalue weighted by atomic mass is 10.0. The molecule has 0 fully saturated rings. The zero-order chi connectivity index (χ0) is 17.4. The van der Waals surface area contributed by atoms with Crippen molar-refractivity contribution >= 4 is 5.82 Å². The first-order valence-electron chi connectivity index (χ1n) is 8.35. The number of aromatic nitrogens is 2. The summed E-state index contributed by atoms with van der Waals surface area (Å²) in [7, 11) is 1.71. The van der Waals surface area contributed by atoms with Crippen LogP contribution in [0, 0.1) is 0 Å². The number of hydrogen-bond acceptors (Lipinski definition) is 5. The molecule has 0 aliphatic heterocycles. The molecule has 0 amide bonds. The van der Waals surface area contributed by atoms with Gasteiger partial charge in [-0.25, -0.2) is 0 Å². The third kappa shape index (κ3) is 2.78. The molecule has 6 heteroatoms. The first-order valence-corrected chi connectivity index (χ1v) is 8.35. The van der Waals surface area contributed by atoms with E-state index in [0.29, 0.717) is 0 Å². The van der Waals surface area contributed by atoms with Crippen LogP contribution in [0.25, 0.3) is 11.3 Å². The molecule has 2 aliphatic rings. The molecule has 1 heterocycles. The fourth-order valence-corrected chi connectivity index (χ4v) is 3.47. The van der Waals surface area contributed by atoms with E-state index in [9.17, 15) is 10.2 Å². The number of aromatic amines is 1. The summed E-state index contributed by atoms with van der Waals surface area (Å²) in [5.41, 5.74) is 6.70. The van der Waals surface area contributed by atoms with Gasteiger partial charge in [0.25, 0.3) is 0 Å². The van der Waals surface area contributed by atoms with Crippen LogP contribution in [0.2, 0.25) is 0 Å². The lowest BCUT2D eigenvalue weighted by Gasteiger charge is -2.15. The monoisotopic (exact) mass is 339 g/mol. The predicted octanol–water partition coefficient (Wildman–Crippen LogP) is 2.24. The zero-order valence-corrected chi connectivity index (χ0v) is 14.0. The van der Waals surface area contributed by atoms with Crippen molar-refractivity contribution in [3.63, 3.8) is 0 Å². The first-order chi connectivity index (χ1) is 12.2. The molecule has 0 radical (unpaired) electrons. The van der Waals surface area contributed by atoms with Crippen molar-refractivity contribution in [2.75, 3.05) is 12.4 Å². The van der Waals surface area contributed by atoms with Crippen LogP contribution in [0.5, 0.6) is 0 Å². The second-order valence-corrected chi connectivity index (χ2v) is 6.35. The van der Waals surface area contributed by atoms with Gasteiger partial charge in [0, 0.05) is 30.4 Å². The van der Waals surface area contributed by atoms with E-state index in [-0.39, 0.29) is 19.3 Å². The number of hydrogen-bond donors (Lipinski definition) is 4. The summed E-state index contributed by atoms with van der Waals surface area (Å²) < 4.78 is 5.31. The number of anilines is 1. The molecule has 4 N–H and O–H groups in total. The maximum absolute atomic E-state index is 9.52. The normalized spacial score (nSPS) is 18.0. The second-order valence-electron chi connectivity index (χ2n) is 6.35. The van der Waals surface area contributed by atoms with Gasteiger partial charge in [-0.1, -0.05) is 18.2 Å². The van der Waals surface area contributed by atoms with Gasteiger partial charge in [-0.3, -0.25) is 5.10 Å². The van der Waals surface area contributed by atoms with Gasteiger partial charge in [0.2, 0.25) is 0 Å². The van der Waals surface area contributed by atoms with Crippen molar-refractivity contribution in [3.8, 4) is 11.3 Å². The molecule has 1 aromatic carbocycles. The van der Waals surface area contributed by atoms with E-state index in [1.807, 2.05) is 24.3 Å². The highest BCUT2D eigenvalue weighted by Crippen LogP contribution is 2.40. The molecule has 0 saturated carbocycles. The molecule has 6 nitrogen and oxygen atoms in total. The topological polar surface area (TPSA) is 90.4 Å². The first kappa shape index (κ1) is 16.1. The average Bonchev–Trinajstić information content (AvgIpc) is 3.20. The fraction of sp³-hybridized carbons (Fsp3) is 0.316. The smallest absolute Gasteiger partial charge is 0.130 e. The highest BCUT2D eigenvalue weighted by molar-refractivity contribution is 5.79. The summed E-state index contributed by atoms with van der Waals surface area (Å²) in [6, 6.07) is 3.90. The maximum Gasteiger partial charge on any atom is 0.130 e. The summed E-state index contributed by atoms with van der Waals surface area (Å²) in [4.78, 5) is 0. The predicted molar refractivity (Wildman–Crippen MR) is 94.9 cm³/mol. The Kier molecular flexibility index (Phi) is 4.17. The molecular weight excluding hydrogens is 318 g/mol. The maximum atomic E-state index is 9.52.